The first-order valence-electron chi connectivity index (χ1n) is 9.63. The van der Waals surface area contributed by atoms with Gasteiger partial charge in [0.15, 0.2) is 5.82 Å². The Bertz CT molecular complexity index is 776. The summed E-state index contributed by atoms with van der Waals surface area (Å²) >= 11 is 0. The van der Waals surface area contributed by atoms with E-state index in [1.165, 1.54) is 66.7 Å². The normalized spacial score (nSPS) is 19.8. The van der Waals surface area contributed by atoms with Crippen molar-refractivity contribution in [2.75, 3.05) is 25.0 Å². The number of hydrogen-bond donors (Lipinski definition) is 1. The molecule has 0 aromatic carbocycles. The molecule has 0 spiro atoms. The first-order valence-corrected chi connectivity index (χ1v) is 9.63. The van der Waals surface area contributed by atoms with Crippen LogP contribution in [0.4, 0.5) is 5.82 Å². The predicted molar refractivity (Wildman–Crippen MR) is 96.8 cm³/mol. The molecule has 0 atom stereocenters. The highest BCUT2D eigenvalue weighted by atomic mass is 15.4. The van der Waals surface area contributed by atoms with Crippen molar-refractivity contribution in [1.29, 1.82) is 0 Å². The van der Waals surface area contributed by atoms with Gasteiger partial charge in [-0.1, -0.05) is 0 Å². The highest BCUT2D eigenvalue weighted by Gasteiger charge is 2.32. The summed E-state index contributed by atoms with van der Waals surface area (Å²) in [7, 11) is 2.22. The lowest BCUT2D eigenvalue weighted by Crippen LogP contribution is -2.58. The molecule has 5 rings (SSSR count). The van der Waals surface area contributed by atoms with E-state index in [-0.39, 0.29) is 0 Å². The fourth-order valence-electron chi connectivity index (χ4n) is 4.44. The van der Waals surface area contributed by atoms with E-state index >= 15 is 0 Å². The molecule has 1 fully saturated rings. The van der Waals surface area contributed by atoms with E-state index in [1.807, 2.05) is 0 Å². The topological polar surface area (TPSA) is 60.9 Å². The number of aromatic amines is 1. The number of aromatic nitrogens is 4. The van der Waals surface area contributed by atoms with Crippen molar-refractivity contribution < 1.29 is 0 Å². The Kier molecular flexibility index (Phi) is 3.73. The minimum atomic E-state index is 0.575. The largest absolute Gasteiger partial charge is 0.352 e. The number of likely N-dealkylation sites (N-methyl/N-ethyl adjacent to an activating group) is 1. The molecule has 0 bridgehead atoms. The van der Waals surface area contributed by atoms with Crippen molar-refractivity contribution in [2.45, 2.75) is 57.5 Å². The average molecular weight is 338 g/mol. The molecule has 0 amide bonds. The number of fused-ring (bicyclic) bond motifs is 2. The van der Waals surface area contributed by atoms with E-state index in [0.29, 0.717) is 6.04 Å². The minimum absolute atomic E-state index is 0.575. The van der Waals surface area contributed by atoms with E-state index in [9.17, 15) is 0 Å². The van der Waals surface area contributed by atoms with Crippen molar-refractivity contribution in [2.24, 2.45) is 0 Å². The molecule has 6 nitrogen and oxygen atoms in total. The van der Waals surface area contributed by atoms with E-state index in [2.05, 4.69) is 43.3 Å². The molecule has 3 aliphatic rings. The van der Waals surface area contributed by atoms with Crippen molar-refractivity contribution >= 4 is 5.82 Å². The second kappa shape index (κ2) is 6.09. The third-order valence-electron chi connectivity index (χ3n) is 6.16. The van der Waals surface area contributed by atoms with Gasteiger partial charge in [0.2, 0.25) is 0 Å². The van der Waals surface area contributed by atoms with Gasteiger partial charge < -0.3 is 4.90 Å². The van der Waals surface area contributed by atoms with Crippen LogP contribution in [0.25, 0.3) is 0 Å². The number of anilines is 1. The molecule has 1 saturated heterocycles. The van der Waals surface area contributed by atoms with Crippen LogP contribution in [0.5, 0.6) is 0 Å². The Morgan fingerprint density at radius 2 is 2.00 bits per heavy atom. The molecule has 6 heteroatoms. The second-order valence-corrected chi connectivity index (χ2v) is 7.84. The molecule has 2 aromatic heterocycles. The Morgan fingerprint density at radius 1 is 1.12 bits per heavy atom. The molecular formula is C19H26N6. The maximum Gasteiger partial charge on any atom is 0.151 e. The third kappa shape index (κ3) is 2.72. The predicted octanol–water partition coefficient (Wildman–Crippen LogP) is 1.89. The summed E-state index contributed by atoms with van der Waals surface area (Å²) in [4.78, 5) is 4.80. The number of H-pyrrole nitrogens is 1. The van der Waals surface area contributed by atoms with Crippen molar-refractivity contribution in [3.8, 4) is 0 Å². The van der Waals surface area contributed by atoms with Crippen LogP contribution in [0.3, 0.4) is 0 Å². The maximum atomic E-state index is 4.59. The molecule has 1 N–H and O–H groups in total. The van der Waals surface area contributed by atoms with Crippen LogP contribution in [-0.2, 0) is 32.2 Å². The van der Waals surface area contributed by atoms with Crippen LogP contribution in [0.1, 0.15) is 47.5 Å². The van der Waals surface area contributed by atoms with Gasteiger partial charge in [-0.3, -0.25) is 10.00 Å². The zero-order valence-electron chi connectivity index (χ0n) is 15.0. The molecule has 1 aliphatic heterocycles. The second-order valence-electron chi connectivity index (χ2n) is 7.84. The molecule has 132 valence electrons. The highest BCUT2D eigenvalue weighted by Crippen LogP contribution is 2.28. The fourth-order valence-corrected chi connectivity index (χ4v) is 4.44. The monoisotopic (exact) mass is 338 g/mol. The molecule has 0 unspecified atom stereocenters. The van der Waals surface area contributed by atoms with Gasteiger partial charge in [0, 0.05) is 31.4 Å². The van der Waals surface area contributed by atoms with Gasteiger partial charge in [-0.25, -0.2) is 0 Å². The summed E-state index contributed by atoms with van der Waals surface area (Å²) in [5.74, 6) is 1.06. The third-order valence-corrected chi connectivity index (χ3v) is 6.16. The van der Waals surface area contributed by atoms with Crippen LogP contribution in [0, 0.1) is 0 Å². The SMILES string of the molecule is CN(Cc1n[nH]c2c1CCCC2)C1CN(c2cc3c(nn2)CCC3)C1. The smallest absolute Gasteiger partial charge is 0.151 e. The van der Waals surface area contributed by atoms with Crippen LogP contribution in [-0.4, -0.2) is 51.5 Å². The summed E-state index contributed by atoms with van der Waals surface area (Å²) in [6.45, 7) is 3.02. The average Bonchev–Trinajstić information content (AvgIpc) is 3.20. The summed E-state index contributed by atoms with van der Waals surface area (Å²) < 4.78 is 0. The van der Waals surface area contributed by atoms with Crippen LogP contribution < -0.4 is 4.90 Å². The Labute approximate surface area is 148 Å². The maximum absolute atomic E-state index is 4.59. The van der Waals surface area contributed by atoms with E-state index < -0.39 is 0 Å². The first-order chi connectivity index (χ1) is 12.3. The van der Waals surface area contributed by atoms with E-state index in [4.69, 9.17) is 0 Å². The van der Waals surface area contributed by atoms with Crippen LogP contribution >= 0.6 is 0 Å². The Hall–Kier alpha value is -1.95. The quantitative estimate of drug-likeness (QED) is 0.922. The van der Waals surface area contributed by atoms with E-state index in [1.54, 1.807) is 0 Å². The highest BCUT2D eigenvalue weighted by molar-refractivity contribution is 5.45. The Morgan fingerprint density at radius 3 is 2.92 bits per heavy atom. The van der Waals surface area contributed by atoms with Crippen LogP contribution in [0.15, 0.2) is 6.07 Å². The molecule has 3 heterocycles. The van der Waals surface area contributed by atoms with Gasteiger partial charge in [0.1, 0.15) is 0 Å². The number of nitrogens with one attached hydrogen (secondary N) is 1. The number of hydrogen-bond acceptors (Lipinski definition) is 5. The lowest BCUT2D eigenvalue weighted by atomic mass is 9.95. The van der Waals surface area contributed by atoms with E-state index in [0.717, 1.165) is 31.9 Å². The fraction of sp³-hybridized carbons (Fsp3) is 0.632. The van der Waals surface area contributed by atoms with Gasteiger partial charge in [-0.15, -0.1) is 5.10 Å². The number of aryl methyl sites for hydroxylation is 3. The lowest BCUT2D eigenvalue weighted by molar-refractivity contribution is 0.194. The van der Waals surface area contributed by atoms with Gasteiger partial charge >= 0.3 is 0 Å². The first kappa shape index (κ1) is 15.3. The zero-order valence-corrected chi connectivity index (χ0v) is 15.0. The zero-order chi connectivity index (χ0) is 16.8. The standard InChI is InChI=1S/C19H26N6/c1-24(12-18-15-6-2-3-7-17(15)21-22-18)14-10-25(11-14)19-9-13-5-4-8-16(13)20-23-19/h9,14H,2-8,10-12H2,1H3,(H,21,22). The number of rotatable bonds is 4. The summed E-state index contributed by atoms with van der Waals surface area (Å²) in [6, 6.07) is 2.83. The molecular weight excluding hydrogens is 312 g/mol. The van der Waals surface area contributed by atoms with Crippen molar-refractivity contribution in [1.82, 2.24) is 25.3 Å². The number of nitrogens with zero attached hydrogens (tertiary/aromatic N) is 5. The van der Waals surface area contributed by atoms with Gasteiger partial charge in [-0.2, -0.15) is 10.2 Å². The molecule has 0 saturated carbocycles. The minimum Gasteiger partial charge on any atom is -0.352 e. The molecule has 2 aromatic rings. The van der Waals surface area contributed by atoms with Gasteiger partial charge in [0.25, 0.3) is 0 Å². The Balaban J connectivity index is 1.21. The molecule has 25 heavy (non-hydrogen) atoms. The molecule has 0 radical (unpaired) electrons. The summed E-state index contributed by atoms with van der Waals surface area (Å²) in [6.07, 6.45) is 8.45. The van der Waals surface area contributed by atoms with Crippen molar-refractivity contribution in [3.05, 3.63) is 34.3 Å². The van der Waals surface area contributed by atoms with Crippen molar-refractivity contribution in [3.63, 3.8) is 0 Å². The van der Waals surface area contributed by atoms with Crippen LogP contribution in [0.2, 0.25) is 0 Å². The molecule has 2 aliphatic carbocycles. The lowest BCUT2D eigenvalue weighted by Gasteiger charge is -2.44. The van der Waals surface area contributed by atoms with Gasteiger partial charge in [0.05, 0.1) is 11.4 Å². The summed E-state index contributed by atoms with van der Waals surface area (Å²) in [5.41, 5.74) is 6.73. The summed E-state index contributed by atoms with van der Waals surface area (Å²) in [5, 5.41) is 16.7. The van der Waals surface area contributed by atoms with Gasteiger partial charge in [-0.05, 0) is 69.2 Å².